The Morgan fingerprint density at radius 3 is 0.694 bits per heavy atom. The molecule has 5 aromatic carbocycles. The lowest BCUT2D eigenvalue weighted by atomic mass is 10.0. The van der Waals surface area contributed by atoms with Crippen LogP contribution in [-0.4, -0.2) is 24.9 Å². The minimum atomic E-state index is -4.62. The molecule has 0 atom stereocenters. The Balaban J connectivity index is 0.000000148. The third-order valence-corrected chi connectivity index (χ3v) is 23.2. The Morgan fingerprint density at radius 1 is 0.306 bits per heavy atom. The van der Waals surface area contributed by atoms with E-state index in [0.29, 0.717) is 55.9 Å². The molecule has 0 fully saturated rings. The van der Waals surface area contributed by atoms with Gasteiger partial charge in [0.15, 0.2) is 0 Å². The van der Waals surface area contributed by atoms with Crippen LogP contribution in [0.5, 0.6) is 0 Å². The fraction of sp³-hybridized carbons (Fsp3) is 0.106. The number of rotatable bonds is 8. The van der Waals surface area contributed by atoms with Gasteiger partial charge in [-0.3, -0.25) is 0 Å². The number of aromatic nitrogens is 5. The third-order valence-electron chi connectivity index (χ3n) is 18.1. The van der Waals surface area contributed by atoms with Gasteiger partial charge in [-0.05, 0) is 80.3 Å². The van der Waals surface area contributed by atoms with Crippen molar-refractivity contribution in [1.82, 2.24) is 24.9 Å². The predicted molar refractivity (Wildman–Crippen MR) is 455 cm³/mol. The molecule has 0 aliphatic heterocycles. The van der Waals surface area contributed by atoms with Gasteiger partial charge in [0, 0.05) is 66.1 Å². The van der Waals surface area contributed by atoms with Crippen LogP contribution >= 0.6 is 56.7 Å². The number of pyridine rings is 5. The van der Waals surface area contributed by atoms with Crippen molar-refractivity contribution in [1.29, 1.82) is 0 Å². The molecule has 0 bridgehead atoms. The first-order valence-corrected chi connectivity index (χ1v) is 38.5. The van der Waals surface area contributed by atoms with Gasteiger partial charge in [-0.2, -0.15) is 65.9 Å². The van der Waals surface area contributed by atoms with Gasteiger partial charge >= 0.3 is 30.9 Å². The Hall–Kier alpha value is -13.9. The summed E-state index contributed by atoms with van der Waals surface area (Å²) in [5, 5.41) is -0.515. The lowest BCUT2D eigenvalue weighted by Gasteiger charge is -2.12. The van der Waals surface area contributed by atoms with Crippen molar-refractivity contribution in [2.75, 3.05) is 22.9 Å². The Kier molecular flexibility index (Phi) is 24.8. The molecule has 10 heterocycles. The zero-order chi connectivity index (χ0) is 88.6. The van der Waals surface area contributed by atoms with E-state index in [1.807, 2.05) is 45.0 Å². The summed E-state index contributed by atoms with van der Waals surface area (Å²) in [4.78, 5) is 38.1. The number of anilines is 4. The zero-order valence-corrected chi connectivity index (χ0v) is 66.8. The standard InChI is InChI=1S/2C18H12F3N3S.C17H11F3N4S.2C16H10F3N3S/c1-9-15-13(18(19,20)21)8-14(24-17(15)25-16(9)23-3)12-6-4-11(5-7-12)10(2)22;1-9(2)10-4-6-11(7-5-10)13-8-12(18(19,20)21)14-15(22)17(23-3)25-16(14)24-13;1-8(21)9-3-5-10(6-4-9)12-7-11(17(18,19)20)13-14(22)16(23-2)25-15(13)24-12;2*1-8-3-5-9(6-4-8)11-7-10(16(17,18)19)12-13(20)15(21-2)23-14(12)22-11/h4-8H,2,22H2,1H3;4-8H,1,22H2,2H3;3-7H,1,21-22H2;2*3-7H,20H2,1H3. The lowest BCUT2D eigenvalue weighted by Crippen LogP contribution is -2.07. The minimum Gasteiger partial charge on any atom is -0.406 e. The summed E-state index contributed by atoms with van der Waals surface area (Å²) in [6, 6.07) is 39.2. The highest BCUT2D eigenvalue weighted by molar-refractivity contribution is 7.25. The second-order valence-electron chi connectivity index (χ2n) is 26.3. The number of nitrogens with two attached hydrogens (primary N) is 6. The Bertz CT molecular complexity index is 6300. The molecule has 0 aliphatic carbocycles. The van der Waals surface area contributed by atoms with Crippen LogP contribution in [0.3, 0.4) is 0 Å². The number of allylic oxidation sites excluding steroid dienone is 1. The van der Waals surface area contributed by atoms with Gasteiger partial charge in [0.05, 0.1) is 112 Å². The molecule has 16 nitrogen and oxygen atoms in total. The highest BCUT2D eigenvalue weighted by atomic mass is 32.1. The smallest absolute Gasteiger partial charge is 0.406 e. The van der Waals surface area contributed by atoms with Crippen molar-refractivity contribution in [3.63, 3.8) is 0 Å². The molecule has 121 heavy (non-hydrogen) atoms. The van der Waals surface area contributed by atoms with Gasteiger partial charge < -0.3 is 34.4 Å². The Morgan fingerprint density at radius 2 is 0.496 bits per heavy atom. The molecule has 0 amide bonds. The normalized spacial score (nSPS) is 11.5. The van der Waals surface area contributed by atoms with E-state index in [2.05, 4.69) is 68.9 Å². The van der Waals surface area contributed by atoms with Crippen LogP contribution in [0.15, 0.2) is 171 Å². The first-order valence-electron chi connectivity index (χ1n) is 34.4. The second-order valence-corrected chi connectivity index (χ2v) is 31.2. The number of benzene rings is 5. The van der Waals surface area contributed by atoms with E-state index < -0.39 is 58.7 Å². The second kappa shape index (κ2) is 34.2. The number of hydrogen-bond acceptors (Lipinski definition) is 16. The molecule has 36 heteroatoms. The quantitative estimate of drug-likeness (QED) is 0.0617. The lowest BCUT2D eigenvalue weighted by molar-refractivity contribution is -0.137. The summed E-state index contributed by atoms with van der Waals surface area (Å²) >= 11 is 4.44. The molecule has 0 radical (unpaired) electrons. The fourth-order valence-electron chi connectivity index (χ4n) is 12.1. The molecule has 0 spiro atoms. The molecule has 0 saturated carbocycles. The van der Waals surface area contributed by atoms with E-state index in [1.54, 1.807) is 97.1 Å². The third kappa shape index (κ3) is 18.7. The van der Waals surface area contributed by atoms with Crippen LogP contribution in [0.2, 0.25) is 0 Å². The van der Waals surface area contributed by atoms with Crippen LogP contribution < -0.4 is 34.4 Å². The zero-order valence-electron chi connectivity index (χ0n) is 62.7. The molecule has 12 N–H and O–H groups in total. The molecular formula is C85H55F15N16S5. The van der Waals surface area contributed by atoms with Gasteiger partial charge in [0.25, 0.3) is 20.0 Å². The molecule has 0 unspecified atom stereocenters. The monoisotopic (exact) mass is 1740 g/mol. The van der Waals surface area contributed by atoms with Crippen molar-refractivity contribution >= 4 is 172 Å². The van der Waals surface area contributed by atoms with Crippen LogP contribution in [0.1, 0.15) is 68.1 Å². The van der Waals surface area contributed by atoms with E-state index >= 15 is 0 Å². The maximum absolute atomic E-state index is 13.5. The number of fused-ring (bicyclic) bond motifs is 5. The van der Waals surface area contributed by atoms with Crippen molar-refractivity contribution in [3.8, 4) is 56.3 Å². The van der Waals surface area contributed by atoms with E-state index in [4.69, 9.17) is 67.3 Å². The average molecular weight is 1750 g/mol. The summed E-state index contributed by atoms with van der Waals surface area (Å²) in [5.74, 6) is 0. The van der Waals surface area contributed by atoms with E-state index in [9.17, 15) is 65.9 Å². The minimum absolute atomic E-state index is 0.0000659. The van der Waals surface area contributed by atoms with Crippen molar-refractivity contribution in [2.24, 2.45) is 11.5 Å². The maximum atomic E-state index is 13.5. The van der Waals surface area contributed by atoms with Crippen LogP contribution in [0, 0.1) is 53.6 Å². The number of hydrogen-bond donors (Lipinski definition) is 6. The van der Waals surface area contributed by atoms with Crippen molar-refractivity contribution in [3.05, 3.63) is 290 Å². The number of nitrogens with zero attached hydrogens (tertiary/aromatic N) is 10. The predicted octanol–water partition coefficient (Wildman–Crippen LogP) is 27.8. The molecule has 610 valence electrons. The van der Waals surface area contributed by atoms with Crippen LogP contribution in [0.25, 0.3) is 149 Å². The van der Waals surface area contributed by atoms with E-state index in [0.717, 1.165) is 109 Å². The average Bonchev–Trinajstić information content (AvgIpc) is 1.66. The highest BCUT2D eigenvalue weighted by Crippen LogP contribution is 2.53. The van der Waals surface area contributed by atoms with Crippen LogP contribution in [0.4, 0.5) is 114 Å². The molecular weight excluding hydrogens is 1690 g/mol. The summed E-state index contributed by atoms with van der Waals surface area (Å²) in [6.07, 6.45) is -22.9. The van der Waals surface area contributed by atoms with Gasteiger partial charge in [0.2, 0.25) is 5.00 Å². The topological polar surface area (TPSA) is 242 Å². The number of thiophene rings is 5. The molecule has 10 aromatic heterocycles. The van der Waals surface area contributed by atoms with E-state index in [1.165, 1.54) is 6.92 Å². The first kappa shape index (κ1) is 87.9. The van der Waals surface area contributed by atoms with Crippen molar-refractivity contribution < 1.29 is 65.9 Å². The number of aryl methyl sites for hydroxylation is 3. The molecule has 15 rings (SSSR count). The molecule has 0 aliphatic rings. The van der Waals surface area contributed by atoms with Crippen LogP contribution in [-0.2, 0) is 30.9 Å². The summed E-state index contributed by atoms with van der Waals surface area (Å²) in [7, 11) is 0. The SMILES string of the molecule is [C-]#[N+]c1sc2nc(-c3ccc(C(=C)C)cc3)cc(C(F)(F)F)c2c1N.[C-]#[N+]c1sc2nc(-c3ccc(C(=C)N)cc3)cc(C(F)(F)F)c2c1C.[C-]#[N+]c1sc2nc(-c3ccc(C(=C)N)cc3)cc(C(F)(F)F)c2c1N.[C-]#[N+]c1sc2nc(-c3ccc(C)cc3)cc(C(F)(F)F)c2c1N.[C-]#[N+]c1sc2nc(-c3ccc(C)cc3)cc(C(F)(F)F)c2c1N. The maximum Gasteiger partial charge on any atom is 0.417 e. The van der Waals surface area contributed by atoms with Gasteiger partial charge in [-0.1, -0.05) is 158 Å². The fourth-order valence-corrected chi connectivity index (χ4v) is 16.7. The van der Waals surface area contributed by atoms with Crippen molar-refractivity contribution in [2.45, 2.75) is 58.6 Å². The van der Waals surface area contributed by atoms with Gasteiger partial charge in [-0.15, -0.1) is 56.7 Å². The van der Waals surface area contributed by atoms with E-state index in [-0.39, 0.29) is 127 Å². The molecule has 0 saturated heterocycles. The molecule has 15 aromatic rings. The number of halogens is 15. The summed E-state index contributed by atoms with van der Waals surface area (Å²) in [5.41, 5.74) is 39.0. The van der Waals surface area contributed by atoms with Gasteiger partial charge in [0.1, 0.15) is 24.2 Å². The highest BCUT2D eigenvalue weighted by Gasteiger charge is 2.41. The first-order chi connectivity index (χ1) is 56.8. The Labute approximate surface area is 697 Å². The number of alkyl halides is 15. The largest absolute Gasteiger partial charge is 0.417 e. The number of nitrogen functional groups attached to an aromatic ring is 4. The summed E-state index contributed by atoms with van der Waals surface area (Å²) < 4.78 is 202. The summed E-state index contributed by atoms with van der Waals surface area (Å²) in [6.45, 7) is 53.5. The van der Waals surface area contributed by atoms with Gasteiger partial charge in [-0.25, -0.2) is 49.1 Å².